The topological polar surface area (TPSA) is 85.3 Å². The van der Waals surface area contributed by atoms with Gasteiger partial charge in [0.25, 0.3) is 11.7 Å². The summed E-state index contributed by atoms with van der Waals surface area (Å²) in [5.41, 5.74) is 2.11. The van der Waals surface area contributed by atoms with Gasteiger partial charge in [-0.05, 0) is 67.3 Å². The van der Waals surface area contributed by atoms with E-state index < -0.39 is 17.7 Å². The number of carbonyl (C=O) groups excluding carboxylic acids is 2. The van der Waals surface area contributed by atoms with Crippen molar-refractivity contribution in [2.75, 3.05) is 25.2 Å². The van der Waals surface area contributed by atoms with Gasteiger partial charge in [0.05, 0.1) is 31.9 Å². The van der Waals surface area contributed by atoms with E-state index >= 15 is 0 Å². The third-order valence-electron chi connectivity index (χ3n) is 6.62. The van der Waals surface area contributed by atoms with Crippen LogP contribution >= 0.6 is 0 Å². The molecule has 1 aliphatic heterocycles. The minimum atomic E-state index is -0.887. The van der Waals surface area contributed by atoms with Crippen molar-refractivity contribution >= 4 is 23.1 Å². The van der Waals surface area contributed by atoms with Gasteiger partial charge in [0, 0.05) is 22.9 Å². The second kappa shape index (κ2) is 11.2. The second-order valence-electron chi connectivity index (χ2n) is 10.3. The molecule has 3 aromatic carbocycles. The summed E-state index contributed by atoms with van der Waals surface area (Å²) in [5, 5.41) is 11.7. The van der Waals surface area contributed by atoms with Gasteiger partial charge in [0.1, 0.15) is 23.0 Å². The Morgan fingerprint density at radius 1 is 0.897 bits per heavy atom. The number of Topliss-reactive ketones (excluding diaryl/α,β-unsaturated/α-hetero) is 1. The van der Waals surface area contributed by atoms with Crippen LogP contribution < -0.4 is 19.1 Å². The van der Waals surface area contributed by atoms with E-state index in [0.717, 1.165) is 5.56 Å². The first-order chi connectivity index (χ1) is 18.6. The molecule has 0 bridgehead atoms. The SMILES string of the molecule is CCOc1cccc(C2/C(=C(\O)c3ccc(OC)c(C(C)(C)C)c3)C(=O)C(=O)N2c2cccc(OCC)c2)c1. The first-order valence-electron chi connectivity index (χ1n) is 13.1. The average molecular weight is 530 g/mol. The Morgan fingerprint density at radius 3 is 2.15 bits per heavy atom. The van der Waals surface area contributed by atoms with E-state index in [2.05, 4.69) is 0 Å². The van der Waals surface area contributed by atoms with Gasteiger partial charge >= 0.3 is 0 Å². The number of amides is 1. The van der Waals surface area contributed by atoms with Crippen molar-refractivity contribution in [3.8, 4) is 17.2 Å². The van der Waals surface area contributed by atoms with E-state index in [0.29, 0.717) is 47.3 Å². The molecule has 0 aromatic heterocycles. The van der Waals surface area contributed by atoms with Gasteiger partial charge in [-0.1, -0.05) is 39.0 Å². The minimum Gasteiger partial charge on any atom is -0.507 e. The molecule has 39 heavy (non-hydrogen) atoms. The lowest BCUT2D eigenvalue weighted by Gasteiger charge is -2.26. The van der Waals surface area contributed by atoms with E-state index in [-0.39, 0.29) is 16.7 Å². The molecule has 1 N–H and O–H groups in total. The number of aliphatic hydroxyl groups excluding tert-OH is 1. The number of carbonyl (C=O) groups is 2. The van der Waals surface area contributed by atoms with Crippen LogP contribution in [0.5, 0.6) is 17.2 Å². The maximum Gasteiger partial charge on any atom is 0.300 e. The monoisotopic (exact) mass is 529 g/mol. The molecule has 1 amide bonds. The number of methoxy groups -OCH3 is 1. The molecule has 1 saturated heterocycles. The Balaban J connectivity index is 1.96. The molecule has 0 aliphatic carbocycles. The first-order valence-corrected chi connectivity index (χ1v) is 13.1. The summed E-state index contributed by atoms with van der Waals surface area (Å²) in [7, 11) is 1.59. The fraction of sp³-hybridized carbons (Fsp3) is 0.312. The molecular formula is C32H35NO6. The van der Waals surface area contributed by atoms with E-state index in [1.165, 1.54) is 4.90 Å². The Morgan fingerprint density at radius 2 is 1.54 bits per heavy atom. The molecule has 0 saturated carbocycles. The zero-order valence-electron chi connectivity index (χ0n) is 23.3. The fourth-order valence-electron chi connectivity index (χ4n) is 4.84. The maximum absolute atomic E-state index is 13.6. The molecule has 1 heterocycles. The number of hydrogen-bond acceptors (Lipinski definition) is 6. The summed E-state index contributed by atoms with van der Waals surface area (Å²) in [5.74, 6) is 0.0904. The van der Waals surface area contributed by atoms with Gasteiger partial charge in [-0.3, -0.25) is 14.5 Å². The number of ether oxygens (including phenoxy) is 3. The highest BCUT2D eigenvalue weighted by atomic mass is 16.5. The Kier molecular flexibility index (Phi) is 8.00. The van der Waals surface area contributed by atoms with E-state index in [1.54, 1.807) is 49.6 Å². The zero-order chi connectivity index (χ0) is 28.3. The Bertz CT molecular complexity index is 1420. The van der Waals surface area contributed by atoms with Crippen LogP contribution in [0.1, 0.15) is 57.4 Å². The summed E-state index contributed by atoms with van der Waals surface area (Å²) in [6, 6.07) is 18.6. The normalized spacial score (nSPS) is 16.9. The molecule has 0 radical (unpaired) electrons. The molecule has 1 unspecified atom stereocenters. The van der Waals surface area contributed by atoms with Crippen LogP contribution in [-0.4, -0.2) is 37.1 Å². The maximum atomic E-state index is 13.6. The predicted octanol–water partition coefficient (Wildman–Crippen LogP) is 6.42. The van der Waals surface area contributed by atoms with E-state index in [1.807, 2.05) is 58.9 Å². The van der Waals surface area contributed by atoms with Crippen LogP contribution in [0, 0.1) is 0 Å². The van der Waals surface area contributed by atoms with Gasteiger partial charge in [0.15, 0.2) is 0 Å². The quantitative estimate of drug-likeness (QED) is 0.206. The summed E-state index contributed by atoms with van der Waals surface area (Å²) in [4.78, 5) is 28.6. The number of nitrogens with zero attached hydrogens (tertiary/aromatic N) is 1. The van der Waals surface area contributed by atoms with Crippen molar-refractivity contribution in [1.82, 2.24) is 0 Å². The second-order valence-corrected chi connectivity index (χ2v) is 10.3. The van der Waals surface area contributed by atoms with Crippen molar-refractivity contribution in [3.05, 3.63) is 89.0 Å². The summed E-state index contributed by atoms with van der Waals surface area (Å²) in [6.45, 7) is 10.8. The number of anilines is 1. The third-order valence-corrected chi connectivity index (χ3v) is 6.62. The number of aliphatic hydroxyl groups is 1. The van der Waals surface area contributed by atoms with Gasteiger partial charge in [-0.25, -0.2) is 0 Å². The third kappa shape index (κ3) is 5.48. The van der Waals surface area contributed by atoms with Crippen LogP contribution in [0.15, 0.2) is 72.3 Å². The molecule has 1 fully saturated rings. The van der Waals surface area contributed by atoms with Crippen molar-refractivity contribution < 1.29 is 28.9 Å². The van der Waals surface area contributed by atoms with Crippen molar-refractivity contribution in [1.29, 1.82) is 0 Å². The number of ketones is 1. The van der Waals surface area contributed by atoms with Crippen LogP contribution in [0.4, 0.5) is 5.69 Å². The predicted molar refractivity (Wildman–Crippen MR) is 152 cm³/mol. The lowest BCUT2D eigenvalue weighted by molar-refractivity contribution is -0.132. The highest BCUT2D eigenvalue weighted by Gasteiger charge is 2.47. The first kappa shape index (κ1) is 27.8. The zero-order valence-corrected chi connectivity index (χ0v) is 23.3. The standard InChI is InChI=1S/C32H35NO6/c1-7-38-23-13-9-11-20(17-23)28-27(29(34)21-15-16-26(37-6)25(18-21)32(3,4)5)30(35)31(36)33(28)22-12-10-14-24(19-22)39-8-2/h9-19,28,34H,7-8H2,1-6H3/b29-27+. The van der Waals surface area contributed by atoms with E-state index in [9.17, 15) is 14.7 Å². The highest BCUT2D eigenvalue weighted by Crippen LogP contribution is 2.44. The molecule has 7 nitrogen and oxygen atoms in total. The summed E-state index contributed by atoms with van der Waals surface area (Å²) < 4.78 is 16.9. The smallest absolute Gasteiger partial charge is 0.300 e. The summed E-state index contributed by atoms with van der Waals surface area (Å²) >= 11 is 0. The van der Waals surface area contributed by atoms with Crippen LogP contribution in [0.25, 0.3) is 5.76 Å². The molecule has 1 aliphatic rings. The van der Waals surface area contributed by atoms with Crippen molar-refractivity contribution in [2.24, 2.45) is 0 Å². The lowest BCUT2D eigenvalue weighted by atomic mass is 9.84. The molecule has 7 heteroatoms. The molecule has 4 rings (SSSR count). The van der Waals surface area contributed by atoms with Gasteiger partial charge in [-0.2, -0.15) is 0 Å². The number of rotatable bonds is 8. The fourth-order valence-corrected chi connectivity index (χ4v) is 4.84. The molecule has 1 atom stereocenters. The molecular weight excluding hydrogens is 494 g/mol. The Labute approximate surface area is 229 Å². The van der Waals surface area contributed by atoms with Crippen molar-refractivity contribution in [3.63, 3.8) is 0 Å². The van der Waals surface area contributed by atoms with Crippen LogP contribution in [0.2, 0.25) is 0 Å². The average Bonchev–Trinajstić information content (AvgIpc) is 3.18. The molecule has 204 valence electrons. The molecule has 3 aromatic rings. The van der Waals surface area contributed by atoms with Gasteiger partial charge in [-0.15, -0.1) is 0 Å². The van der Waals surface area contributed by atoms with Crippen LogP contribution in [0.3, 0.4) is 0 Å². The van der Waals surface area contributed by atoms with Crippen molar-refractivity contribution in [2.45, 2.75) is 46.1 Å². The lowest BCUT2D eigenvalue weighted by Crippen LogP contribution is -2.29. The Hall–Kier alpha value is -4.26. The highest BCUT2D eigenvalue weighted by molar-refractivity contribution is 6.51. The number of benzene rings is 3. The largest absolute Gasteiger partial charge is 0.507 e. The summed E-state index contributed by atoms with van der Waals surface area (Å²) in [6.07, 6.45) is 0. The minimum absolute atomic E-state index is 0.000451. The van der Waals surface area contributed by atoms with Gasteiger partial charge in [0.2, 0.25) is 0 Å². The van der Waals surface area contributed by atoms with Gasteiger partial charge < -0.3 is 19.3 Å². The molecule has 0 spiro atoms. The number of hydrogen-bond donors (Lipinski definition) is 1. The van der Waals surface area contributed by atoms with Crippen LogP contribution in [-0.2, 0) is 15.0 Å². The van der Waals surface area contributed by atoms with E-state index in [4.69, 9.17) is 14.2 Å².